The van der Waals surface area contributed by atoms with E-state index in [0.29, 0.717) is 16.3 Å². The lowest BCUT2D eigenvalue weighted by atomic mass is 10.2. The zero-order valence-electron chi connectivity index (χ0n) is 10.6. The quantitative estimate of drug-likeness (QED) is 0.638. The summed E-state index contributed by atoms with van der Waals surface area (Å²) in [7, 11) is 1.83. The predicted octanol–water partition coefficient (Wildman–Crippen LogP) is 3.15. The van der Waals surface area contributed by atoms with Crippen molar-refractivity contribution in [2.75, 3.05) is 0 Å². The van der Waals surface area contributed by atoms with Crippen LogP contribution >= 0.6 is 11.6 Å². The smallest absolute Gasteiger partial charge is 0.143 e. The van der Waals surface area contributed by atoms with Gasteiger partial charge in [-0.05, 0) is 19.1 Å². The molecule has 4 nitrogen and oxygen atoms in total. The second-order valence-electron chi connectivity index (χ2n) is 4.09. The number of oxime groups is 1. The van der Waals surface area contributed by atoms with Crippen molar-refractivity contribution < 1.29 is 9.23 Å². The molecule has 0 amide bonds. The Balaban J connectivity index is 1.99. The Labute approximate surface area is 115 Å². The highest BCUT2D eigenvalue weighted by Crippen LogP contribution is 2.18. The van der Waals surface area contributed by atoms with Crippen molar-refractivity contribution in [3.8, 4) is 0 Å². The van der Waals surface area contributed by atoms with Gasteiger partial charge in [-0.2, -0.15) is 5.10 Å². The second kappa shape index (κ2) is 5.84. The van der Waals surface area contributed by atoms with E-state index in [-0.39, 0.29) is 12.4 Å². The maximum atomic E-state index is 12.9. The highest BCUT2D eigenvalue weighted by Gasteiger charge is 2.04. The number of hydrogen-bond donors (Lipinski definition) is 0. The number of aryl methyl sites for hydroxylation is 1. The molecule has 0 saturated carbocycles. The minimum absolute atomic E-state index is 0.191. The third kappa shape index (κ3) is 3.54. The maximum absolute atomic E-state index is 12.9. The molecule has 0 radical (unpaired) electrons. The van der Waals surface area contributed by atoms with E-state index in [2.05, 4.69) is 10.3 Å². The zero-order chi connectivity index (χ0) is 13.8. The molecule has 0 fully saturated rings. The van der Waals surface area contributed by atoms with Gasteiger partial charge >= 0.3 is 0 Å². The van der Waals surface area contributed by atoms with Crippen molar-refractivity contribution in [1.82, 2.24) is 9.78 Å². The van der Waals surface area contributed by atoms with E-state index in [9.17, 15) is 4.39 Å². The summed E-state index contributed by atoms with van der Waals surface area (Å²) in [5, 5.41) is 8.35. The van der Waals surface area contributed by atoms with E-state index in [0.717, 1.165) is 5.56 Å². The van der Waals surface area contributed by atoms with Crippen LogP contribution in [0.15, 0.2) is 35.7 Å². The first-order valence-corrected chi connectivity index (χ1v) is 6.03. The Kier molecular flexibility index (Phi) is 4.16. The van der Waals surface area contributed by atoms with Gasteiger partial charge in [-0.15, -0.1) is 0 Å². The largest absolute Gasteiger partial charge is 0.391 e. The summed E-state index contributed by atoms with van der Waals surface area (Å²) >= 11 is 5.88. The van der Waals surface area contributed by atoms with Crippen molar-refractivity contribution in [3.05, 3.63) is 52.6 Å². The van der Waals surface area contributed by atoms with E-state index in [1.165, 1.54) is 12.1 Å². The molecule has 0 aliphatic carbocycles. The molecule has 0 saturated heterocycles. The first kappa shape index (κ1) is 13.5. The lowest BCUT2D eigenvalue weighted by molar-refractivity contribution is 0.130. The Morgan fingerprint density at radius 3 is 2.95 bits per heavy atom. The molecule has 0 unspecified atom stereocenters. The van der Waals surface area contributed by atoms with Crippen molar-refractivity contribution >= 4 is 17.3 Å². The first-order valence-electron chi connectivity index (χ1n) is 5.66. The van der Waals surface area contributed by atoms with Crippen molar-refractivity contribution in [2.24, 2.45) is 12.2 Å². The minimum Gasteiger partial charge on any atom is -0.391 e. The molecule has 100 valence electrons. The Bertz CT molecular complexity index is 610. The van der Waals surface area contributed by atoms with Crippen LogP contribution in [0.3, 0.4) is 0 Å². The van der Waals surface area contributed by atoms with Crippen molar-refractivity contribution in [1.29, 1.82) is 0 Å². The Morgan fingerprint density at radius 2 is 2.32 bits per heavy atom. The van der Waals surface area contributed by atoms with Gasteiger partial charge in [0.25, 0.3) is 0 Å². The van der Waals surface area contributed by atoms with Crippen LogP contribution in [0.4, 0.5) is 4.39 Å². The summed E-state index contributed by atoms with van der Waals surface area (Å²) in [6, 6.07) is 4.16. The molecule has 0 aliphatic rings. The molecule has 1 aromatic heterocycles. The average molecular weight is 282 g/mol. The summed E-state index contributed by atoms with van der Waals surface area (Å²) in [5.74, 6) is -0.371. The van der Waals surface area contributed by atoms with E-state index in [1.54, 1.807) is 16.9 Å². The van der Waals surface area contributed by atoms with Crippen LogP contribution in [-0.2, 0) is 18.5 Å². The molecule has 0 atom stereocenters. The molecular weight excluding hydrogens is 269 g/mol. The van der Waals surface area contributed by atoms with Gasteiger partial charge in [0.2, 0.25) is 0 Å². The van der Waals surface area contributed by atoms with Crippen molar-refractivity contribution in [3.63, 3.8) is 0 Å². The molecule has 1 aromatic carbocycles. The minimum atomic E-state index is -0.371. The van der Waals surface area contributed by atoms with Crippen LogP contribution in [0, 0.1) is 5.82 Å². The molecule has 2 aromatic rings. The second-order valence-corrected chi connectivity index (χ2v) is 4.50. The molecule has 19 heavy (non-hydrogen) atoms. The van der Waals surface area contributed by atoms with E-state index in [1.807, 2.05) is 20.2 Å². The fourth-order valence-electron chi connectivity index (χ4n) is 1.50. The average Bonchev–Trinajstić information content (AvgIpc) is 2.78. The van der Waals surface area contributed by atoms with Gasteiger partial charge in [0, 0.05) is 24.4 Å². The van der Waals surface area contributed by atoms with Gasteiger partial charge in [0.15, 0.2) is 0 Å². The monoisotopic (exact) mass is 281 g/mol. The summed E-state index contributed by atoms with van der Waals surface area (Å²) in [5.41, 5.74) is 2.28. The maximum Gasteiger partial charge on any atom is 0.143 e. The number of nitrogens with zero attached hydrogens (tertiary/aromatic N) is 3. The van der Waals surface area contributed by atoms with Crippen LogP contribution in [0.2, 0.25) is 5.02 Å². The standard InChI is InChI=1S/C13H13ClFN3O/c1-9(11-6-16-18(2)7-11)17-19-8-10-3-4-12(15)5-13(10)14/h3-7H,8H2,1-2H3/b17-9+. The summed E-state index contributed by atoms with van der Waals surface area (Å²) < 4.78 is 14.5. The van der Waals surface area contributed by atoms with E-state index >= 15 is 0 Å². The van der Waals surface area contributed by atoms with Gasteiger partial charge in [0.1, 0.15) is 12.4 Å². The molecule has 0 spiro atoms. The summed E-state index contributed by atoms with van der Waals surface area (Å²) in [4.78, 5) is 5.21. The Morgan fingerprint density at radius 1 is 1.53 bits per heavy atom. The lowest BCUT2D eigenvalue weighted by Gasteiger charge is -2.03. The number of rotatable bonds is 4. The van der Waals surface area contributed by atoms with E-state index in [4.69, 9.17) is 16.4 Å². The molecular formula is C13H13ClFN3O. The number of benzene rings is 1. The zero-order valence-corrected chi connectivity index (χ0v) is 11.4. The van der Waals surface area contributed by atoms with Crippen LogP contribution in [0.5, 0.6) is 0 Å². The van der Waals surface area contributed by atoms with Crippen LogP contribution in [0.1, 0.15) is 18.1 Å². The SMILES string of the molecule is C/C(=N\OCc1ccc(F)cc1Cl)c1cnn(C)c1. The van der Waals surface area contributed by atoms with Gasteiger partial charge < -0.3 is 4.84 Å². The fraction of sp³-hybridized carbons (Fsp3) is 0.231. The molecule has 0 aliphatic heterocycles. The van der Waals surface area contributed by atoms with Gasteiger partial charge in [0.05, 0.1) is 16.9 Å². The molecule has 0 bridgehead atoms. The molecule has 6 heteroatoms. The molecule has 2 rings (SSSR count). The highest BCUT2D eigenvalue weighted by molar-refractivity contribution is 6.31. The Hall–Kier alpha value is -1.88. The molecule has 1 heterocycles. The number of halogens is 2. The highest BCUT2D eigenvalue weighted by atomic mass is 35.5. The summed E-state index contributed by atoms with van der Waals surface area (Å²) in [6.45, 7) is 2.01. The van der Waals surface area contributed by atoms with Crippen LogP contribution in [-0.4, -0.2) is 15.5 Å². The first-order chi connectivity index (χ1) is 9.06. The summed E-state index contributed by atoms with van der Waals surface area (Å²) in [6.07, 6.45) is 3.54. The topological polar surface area (TPSA) is 39.4 Å². The van der Waals surface area contributed by atoms with Crippen LogP contribution < -0.4 is 0 Å². The number of hydrogen-bond acceptors (Lipinski definition) is 3. The lowest BCUT2D eigenvalue weighted by Crippen LogP contribution is -1.96. The number of aromatic nitrogens is 2. The van der Waals surface area contributed by atoms with Crippen molar-refractivity contribution in [2.45, 2.75) is 13.5 Å². The third-order valence-electron chi connectivity index (χ3n) is 2.56. The van der Waals surface area contributed by atoms with Gasteiger partial charge in [-0.25, -0.2) is 4.39 Å². The normalized spacial score (nSPS) is 11.7. The van der Waals surface area contributed by atoms with E-state index < -0.39 is 0 Å². The fourth-order valence-corrected chi connectivity index (χ4v) is 1.72. The van der Waals surface area contributed by atoms with Crippen LogP contribution in [0.25, 0.3) is 0 Å². The van der Waals surface area contributed by atoms with Gasteiger partial charge in [-0.3, -0.25) is 4.68 Å². The third-order valence-corrected chi connectivity index (χ3v) is 2.91. The molecule has 0 N–H and O–H groups in total. The predicted molar refractivity (Wildman–Crippen MR) is 71.6 cm³/mol. The van der Waals surface area contributed by atoms with Gasteiger partial charge in [-0.1, -0.05) is 22.8 Å².